The third kappa shape index (κ3) is 3.24. The van der Waals surface area contributed by atoms with Crippen molar-refractivity contribution in [2.24, 2.45) is 39.8 Å². The number of nitrogens with zero attached hydrogens (tertiary/aromatic N) is 1. The first kappa shape index (κ1) is 21.3. The van der Waals surface area contributed by atoms with Gasteiger partial charge in [-0.25, -0.2) is 4.99 Å². The smallest absolute Gasteiger partial charge is 0.251 e. The minimum absolute atomic E-state index is 0.0495. The lowest BCUT2D eigenvalue weighted by molar-refractivity contribution is -0.129. The minimum atomic E-state index is -0.291. The highest BCUT2D eigenvalue weighted by atomic mass is 16.1. The van der Waals surface area contributed by atoms with Crippen LogP contribution in [0.5, 0.6) is 0 Å². The summed E-state index contributed by atoms with van der Waals surface area (Å²) in [6, 6.07) is 11.0. The van der Waals surface area contributed by atoms with E-state index in [4.69, 9.17) is 10.7 Å². The zero-order valence-electron chi connectivity index (χ0n) is 19.3. The molecule has 0 saturated heterocycles. The number of rotatable bonds is 6. The fourth-order valence-corrected chi connectivity index (χ4v) is 8.20. The van der Waals surface area contributed by atoms with E-state index in [-0.39, 0.29) is 22.3 Å². The maximum absolute atomic E-state index is 13.8. The average molecular weight is 422 g/mol. The van der Waals surface area contributed by atoms with Crippen molar-refractivity contribution in [2.75, 3.05) is 13.1 Å². The van der Waals surface area contributed by atoms with Crippen LogP contribution in [0.3, 0.4) is 0 Å². The van der Waals surface area contributed by atoms with E-state index in [0.29, 0.717) is 23.7 Å². The van der Waals surface area contributed by atoms with Crippen molar-refractivity contribution in [2.45, 2.75) is 76.2 Å². The number of benzene rings is 1. The Morgan fingerprint density at radius 1 is 1.16 bits per heavy atom. The largest absolute Gasteiger partial charge is 0.330 e. The maximum atomic E-state index is 13.8. The van der Waals surface area contributed by atoms with Crippen LogP contribution in [-0.4, -0.2) is 30.8 Å². The lowest BCUT2D eigenvalue weighted by Crippen LogP contribution is -2.55. The molecule has 0 heterocycles. The Hall–Kier alpha value is -1.52. The Morgan fingerprint density at radius 3 is 2.58 bits per heavy atom. The van der Waals surface area contributed by atoms with Gasteiger partial charge in [-0.1, -0.05) is 37.3 Å². The molecule has 1 amide bonds. The Kier molecular flexibility index (Phi) is 5.37. The van der Waals surface area contributed by atoms with E-state index in [0.717, 1.165) is 45.2 Å². The predicted molar refractivity (Wildman–Crippen MR) is 126 cm³/mol. The Balaban J connectivity index is 1.42. The van der Waals surface area contributed by atoms with Gasteiger partial charge in [-0.05, 0) is 106 Å². The summed E-state index contributed by atoms with van der Waals surface area (Å²) < 4.78 is 0. The fraction of sp³-hybridized carbons (Fsp3) is 0.704. The van der Waals surface area contributed by atoms with Gasteiger partial charge < -0.3 is 11.1 Å². The highest BCUT2D eigenvalue weighted by molar-refractivity contribution is 5.91. The van der Waals surface area contributed by atoms with Crippen molar-refractivity contribution < 1.29 is 4.79 Å². The van der Waals surface area contributed by atoms with E-state index >= 15 is 0 Å². The second kappa shape index (κ2) is 7.81. The Morgan fingerprint density at radius 2 is 1.90 bits per heavy atom. The topological polar surface area (TPSA) is 67.5 Å². The van der Waals surface area contributed by atoms with Crippen LogP contribution in [-0.2, 0) is 10.2 Å². The molecular weight excluding hydrogens is 382 g/mol. The van der Waals surface area contributed by atoms with Crippen LogP contribution in [0, 0.1) is 29.1 Å². The van der Waals surface area contributed by atoms with Gasteiger partial charge in [0.15, 0.2) is 0 Å². The molecule has 5 aliphatic carbocycles. The summed E-state index contributed by atoms with van der Waals surface area (Å²) in [5, 5.41) is 3.83. The van der Waals surface area contributed by atoms with Gasteiger partial charge in [-0.15, -0.1) is 0 Å². The summed E-state index contributed by atoms with van der Waals surface area (Å²) in [7, 11) is 0. The molecule has 0 spiro atoms. The van der Waals surface area contributed by atoms with Crippen LogP contribution in [0.2, 0.25) is 0 Å². The summed E-state index contributed by atoms with van der Waals surface area (Å²) in [5.74, 6) is 2.19. The number of hydrogen-bond acceptors (Lipinski definition) is 3. The second-order valence-corrected chi connectivity index (χ2v) is 11.3. The molecule has 31 heavy (non-hydrogen) atoms. The van der Waals surface area contributed by atoms with Gasteiger partial charge in [0.05, 0.1) is 5.41 Å². The molecule has 0 aromatic heterocycles. The third-order valence-corrected chi connectivity index (χ3v) is 9.73. The SMILES string of the molecule is CCNC1(C)C2CC3(c4ccccc4)CC1C(C(=O)N=CC1CCC(CN)CC1)(C2)C3. The first-order valence-electron chi connectivity index (χ1n) is 12.5. The number of nitrogens with one attached hydrogen (secondary N) is 1. The van der Waals surface area contributed by atoms with Gasteiger partial charge in [0.25, 0.3) is 5.91 Å². The molecule has 5 fully saturated rings. The first-order chi connectivity index (χ1) is 15.0. The van der Waals surface area contributed by atoms with Crippen molar-refractivity contribution in [3.63, 3.8) is 0 Å². The molecule has 0 radical (unpaired) electrons. The molecule has 4 nitrogen and oxygen atoms in total. The van der Waals surface area contributed by atoms with E-state index in [1.165, 1.54) is 24.8 Å². The number of aliphatic imine (C=N–C) groups is 1. The third-order valence-electron chi connectivity index (χ3n) is 9.73. The van der Waals surface area contributed by atoms with Gasteiger partial charge in [-0.3, -0.25) is 4.79 Å². The van der Waals surface area contributed by atoms with Crippen LogP contribution in [0.1, 0.15) is 70.8 Å². The van der Waals surface area contributed by atoms with E-state index < -0.39 is 0 Å². The summed E-state index contributed by atoms with van der Waals surface area (Å²) in [5.41, 5.74) is 7.18. The van der Waals surface area contributed by atoms with Crippen LogP contribution in [0.25, 0.3) is 0 Å². The zero-order chi connectivity index (χ0) is 21.7. The van der Waals surface area contributed by atoms with Crippen LogP contribution in [0.15, 0.2) is 35.3 Å². The average Bonchev–Trinajstić information content (AvgIpc) is 3.15. The zero-order valence-corrected chi connectivity index (χ0v) is 19.3. The normalized spacial score (nSPS) is 43.7. The van der Waals surface area contributed by atoms with Crippen LogP contribution >= 0.6 is 0 Å². The molecule has 168 valence electrons. The summed E-state index contributed by atoms with van der Waals surface area (Å²) in [6.45, 7) is 6.33. The quantitative estimate of drug-likeness (QED) is 0.666. The van der Waals surface area contributed by atoms with Crippen molar-refractivity contribution >= 4 is 12.1 Å². The Labute approximate surface area is 187 Å². The predicted octanol–water partition coefficient (Wildman–Crippen LogP) is 4.48. The van der Waals surface area contributed by atoms with Gasteiger partial charge >= 0.3 is 0 Å². The monoisotopic (exact) mass is 421 g/mol. The molecule has 5 aliphatic rings. The molecule has 4 bridgehead atoms. The maximum Gasteiger partial charge on any atom is 0.251 e. The molecule has 1 aromatic rings. The van der Waals surface area contributed by atoms with Gasteiger partial charge in [-0.2, -0.15) is 0 Å². The molecule has 5 saturated carbocycles. The lowest BCUT2D eigenvalue weighted by Gasteiger charge is -2.48. The molecule has 1 aromatic carbocycles. The molecular formula is C27H39N3O. The summed E-state index contributed by atoms with van der Waals surface area (Å²) in [6.07, 6.45) is 10.9. The van der Waals surface area contributed by atoms with Crippen molar-refractivity contribution in [1.82, 2.24) is 5.32 Å². The van der Waals surface area contributed by atoms with Gasteiger partial charge in [0.2, 0.25) is 0 Å². The summed E-state index contributed by atoms with van der Waals surface area (Å²) >= 11 is 0. The number of nitrogens with two attached hydrogens (primary N) is 1. The van der Waals surface area contributed by atoms with E-state index in [1.54, 1.807) is 0 Å². The highest BCUT2D eigenvalue weighted by Gasteiger charge is 2.74. The van der Waals surface area contributed by atoms with Gasteiger partial charge in [0, 0.05) is 11.8 Å². The number of amides is 1. The number of carbonyl (C=O) groups excluding carboxylic acids is 1. The molecule has 5 unspecified atom stereocenters. The highest BCUT2D eigenvalue weighted by Crippen LogP contribution is 2.74. The van der Waals surface area contributed by atoms with Crippen LogP contribution in [0.4, 0.5) is 0 Å². The van der Waals surface area contributed by atoms with E-state index in [9.17, 15) is 4.79 Å². The standard InChI is InChI=1S/C27H39N3O/c1-3-30-25(2)22-13-26(21-7-5-4-6-8-21)15-23(25)27(14-22,18-26)24(31)29-17-20-11-9-19(16-28)10-12-20/h4-8,17,19-20,22-23,30H,3,9-16,18,28H2,1-2H3. The van der Waals surface area contributed by atoms with Crippen LogP contribution < -0.4 is 11.1 Å². The second-order valence-electron chi connectivity index (χ2n) is 11.3. The summed E-state index contributed by atoms with van der Waals surface area (Å²) in [4.78, 5) is 18.5. The minimum Gasteiger partial charge on any atom is -0.330 e. The Bertz CT molecular complexity index is 845. The molecule has 5 atom stereocenters. The fourth-order valence-electron chi connectivity index (χ4n) is 8.20. The molecule has 6 rings (SSSR count). The molecule has 3 N–H and O–H groups in total. The first-order valence-corrected chi connectivity index (χ1v) is 12.5. The van der Waals surface area contributed by atoms with E-state index in [2.05, 4.69) is 49.5 Å². The van der Waals surface area contributed by atoms with Crippen molar-refractivity contribution in [3.05, 3.63) is 35.9 Å². The number of carbonyl (C=O) groups is 1. The van der Waals surface area contributed by atoms with Crippen molar-refractivity contribution in [3.8, 4) is 0 Å². The lowest BCUT2D eigenvalue weighted by atomic mass is 9.60. The molecule has 0 aliphatic heterocycles. The number of hydrogen-bond donors (Lipinski definition) is 2. The van der Waals surface area contributed by atoms with E-state index in [1.807, 2.05) is 6.21 Å². The van der Waals surface area contributed by atoms with Crippen molar-refractivity contribution in [1.29, 1.82) is 0 Å². The van der Waals surface area contributed by atoms with Gasteiger partial charge in [0.1, 0.15) is 0 Å². The molecule has 4 heteroatoms.